The van der Waals surface area contributed by atoms with Gasteiger partial charge in [-0.05, 0) is 36.1 Å². The summed E-state index contributed by atoms with van der Waals surface area (Å²) in [6, 6.07) is 16.2. The van der Waals surface area contributed by atoms with Crippen LogP contribution in [-0.4, -0.2) is 0 Å². The van der Waals surface area contributed by atoms with E-state index in [-0.39, 0.29) is 0 Å². The third-order valence-corrected chi connectivity index (χ3v) is 2.47. The largest absolute Gasteiger partial charge is 0.398 e. The molecule has 0 aromatic heterocycles. The van der Waals surface area contributed by atoms with Crippen molar-refractivity contribution >= 4 is 5.69 Å². The highest BCUT2D eigenvalue weighted by Gasteiger charge is 1.99. The predicted octanol–water partition coefficient (Wildman–Crippen LogP) is 3.04. The Morgan fingerprint density at radius 1 is 0.933 bits per heavy atom. The number of hydrogen-bond donors (Lipinski definition) is 1. The zero-order valence-corrected chi connectivity index (χ0v) is 8.61. The molecule has 0 unspecified atom stereocenters. The molecule has 0 atom stereocenters. The van der Waals surface area contributed by atoms with E-state index in [0.29, 0.717) is 0 Å². The van der Waals surface area contributed by atoms with Crippen molar-refractivity contribution in [1.29, 1.82) is 0 Å². The molecule has 15 heavy (non-hydrogen) atoms. The molecule has 0 aliphatic rings. The molecule has 2 rings (SSSR count). The molecule has 0 fully saturated rings. The summed E-state index contributed by atoms with van der Waals surface area (Å²) < 4.78 is 0. The van der Waals surface area contributed by atoms with Gasteiger partial charge in [-0.25, -0.2) is 0 Å². The van der Waals surface area contributed by atoms with Crippen LogP contribution in [0.5, 0.6) is 0 Å². The summed E-state index contributed by atoms with van der Waals surface area (Å²) in [5.41, 5.74) is 10.2. The second kappa shape index (κ2) is 4.18. The molecule has 1 heteroatoms. The molecule has 2 aromatic carbocycles. The van der Waals surface area contributed by atoms with Crippen molar-refractivity contribution in [2.45, 2.75) is 6.42 Å². The number of para-hydroxylation sites is 1. The Balaban J connectivity index is 2.22. The van der Waals surface area contributed by atoms with Crippen LogP contribution in [0.2, 0.25) is 0 Å². The molecule has 1 nitrogen and oxygen atoms in total. The first kappa shape index (κ1) is 9.78. The first-order valence-electron chi connectivity index (χ1n) is 5.00. The van der Waals surface area contributed by atoms with Crippen molar-refractivity contribution in [3.63, 3.8) is 0 Å². The fraction of sp³-hybridized carbons (Fsp3) is 0.0714. The molecule has 1 radical (unpaired) electrons. The summed E-state index contributed by atoms with van der Waals surface area (Å²) in [4.78, 5) is 0. The Bertz CT molecular complexity index is 443. The maximum absolute atomic E-state index is 5.89. The molecule has 2 aromatic rings. The van der Waals surface area contributed by atoms with E-state index in [4.69, 9.17) is 5.73 Å². The van der Waals surface area contributed by atoms with E-state index in [1.807, 2.05) is 30.3 Å². The van der Waals surface area contributed by atoms with E-state index in [2.05, 4.69) is 25.1 Å². The van der Waals surface area contributed by atoms with Crippen LogP contribution in [0.25, 0.3) is 0 Å². The zero-order chi connectivity index (χ0) is 10.7. The van der Waals surface area contributed by atoms with Gasteiger partial charge in [0.1, 0.15) is 0 Å². The van der Waals surface area contributed by atoms with Gasteiger partial charge in [-0.2, -0.15) is 0 Å². The number of anilines is 1. The van der Waals surface area contributed by atoms with Gasteiger partial charge >= 0.3 is 0 Å². The predicted molar refractivity (Wildman–Crippen MR) is 64.6 cm³/mol. The van der Waals surface area contributed by atoms with Crippen LogP contribution in [0.3, 0.4) is 0 Å². The van der Waals surface area contributed by atoms with Crippen LogP contribution in [0.15, 0.2) is 48.5 Å². The lowest BCUT2D eigenvalue weighted by molar-refractivity contribution is 1.19. The molecule has 2 N–H and O–H groups in total. The minimum absolute atomic E-state index is 0.858. The van der Waals surface area contributed by atoms with Gasteiger partial charge < -0.3 is 5.73 Å². The van der Waals surface area contributed by atoms with Crippen LogP contribution >= 0.6 is 0 Å². The Morgan fingerprint density at radius 2 is 1.60 bits per heavy atom. The van der Waals surface area contributed by atoms with E-state index in [1.54, 1.807) is 0 Å². The summed E-state index contributed by atoms with van der Waals surface area (Å²) in [7, 11) is 0. The quantitative estimate of drug-likeness (QED) is 0.734. The number of nitrogen functional groups attached to an aromatic ring is 1. The highest BCUT2D eigenvalue weighted by molar-refractivity contribution is 5.48. The van der Waals surface area contributed by atoms with Gasteiger partial charge in [0.05, 0.1) is 0 Å². The average Bonchev–Trinajstić information content (AvgIpc) is 2.25. The molecular weight excluding hydrogens is 182 g/mol. The molecule has 0 heterocycles. The molecule has 0 aliphatic carbocycles. The summed E-state index contributed by atoms with van der Waals surface area (Å²) in [6.07, 6.45) is 0.882. The number of benzene rings is 2. The third kappa shape index (κ3) is 2.38. The van der Waals surface area contributed by atoms with Crippen molar-refractivity contribution in [2.75, 3.05) is 5.73 Å². The molecule has 0 bridgehead atoms. The number of rotatable bonds is 2. The monoisotopic (exact) mass is 196 g/mol. The third-order valence-electron chi connectivity index (χ3n) is 2.47. The van der Waals surface area contributed by atoms with E-state index in [0.717, 1.165) is 17.7 Å². The lowest BCUT2D eigenvalue weighted by Gasteiger charge is -2.05. The van der Waals surface area contributed by atoms with Gasteiger partial charge in [0.2, 0.25) is 0 Å². The van der Waals surface area contributed by atoms with Crippen molar-refractivity contribution < 1.29 is 0 Å². The normalized spacial score (nSPS) is 10.2. The van der Waals surface area contributed by atoms with E-state index in [1.165, 1.54) is 11.1 Å². The fourth-order valence-electron chi connectivity index (χ4n) is 1.57. The number of nitrogens with two attached hydrogens (primary N) is 1. The highest BCUT2D eigenvalue weighted by Crippen LogP contribution is 2.16. The van der Waals surface area contributed by atoms with E-state index in [9.17, 15) is 0 Å². The Morgan fingerprint density at radius 3 is 2.27 bits per heavy atom. The first-order valence-corrected chi connectivity index (χ1v) is 5.00. The standard InChI is InChI=1S/C14H14N/c1-11-6-8-12(9-7-11)10-13-4-2-3-5-14(13)15/h2-9H,1,10,15H2. The van der Waals surface area contributed by atoms with Crippen LogP contribution < -0.4 is 5.73 Å². The Labute approximate surface area is 90.6 Å². The van der Waals surface area contributed by atoms with Gasteiger partial charge in [0.15, 0.2) is 0 Å². The number of hydrogen-bond acceptors (Lipinski definition) is 1. The lowest BCUT2D eigenvalue weighted by Crippen LogP contribution is -1.94. The van der Waals surface area contributed by atoms with E-state index < -0.39 is 0 Å². The SMILES string of the molecule is [CH2]c1ccc(Cc2ccccc2N)cc1. The van der Waals surface area contributed by atoms with Crippen LogP contribution in [0, 0.1) is 6.92 Å². The smallest absolute Gasteiger partial charge is 0.0349 e. The molecule has 0 spiro atoms. The summed E-state index contributed by atoms with van der Waals surface area (Å²) in [5, 5.41) is 0. The highest BCUT2D eigenvalue weighted by atomic mass is 14.6. The van der Waals surface area contributed by atoms with Crippen LogP contribution in [0.1, 0.15) is 16.7 Å². The van der Waals surface area contributed by atoms with Crippen LogP contribution in [-0.2, 0) is 6.42 Å². The van der Waals surface area contributed by atoms with Crippen molar-refractivity contribution in [3.05, 3.63) is 72.1 Å². The lowest BCUT2D eigenvalue weighted by atomic mass is 10.0. The fourth-order valence-corrected chi connectivity index (χ4v) is 1.57. The van der Waals surface area contributed by atoms with E-state index >= 15 is 0 Å². The zero-order valence-electron chi connectivity index (χ0n) is 8.61. The Hall–Kier alpha value is -1.76. The van der Waals surface area contributed by atoms with Gasteiger partial charge in [-0.15, -0.1) is 0 Å². The van der Waals surface area contributed by atoms with Crippen LogP contribution in [0.4, 0.5) is 5.69 Å². The van der Waals surface area contributed by atoms with Gasteiger partial charge in [0, 0.05) is 5.69 Å². The van der Waals surface area contributed by atoms with Gasteiger partial charge in [-0.1, -0.05) is 42.5 Å². The molecular formula is C14H14N. The molecule has 0 aliphatic heterocycles. The summed E-state index contributed by atoms with van der Waals surface area (Å²) in [6.45, 7) is 3.86. The second-order valence-corrected chi connectivity index (χ2v) is 3.69. The molecule has 0 saturated carbocycles. The van der Waals surface area contributed by atoms with Crippen molar-refractivity contribution in [3.8, 4) is 0 Å². The molecule has 0 amide bonds. The maximum Gasteiger partial charge on any atom is 0.0349 e. The minimum atomic E-state index is 0.858. The second-order valence-electron chi connectivity index (χ2n) is 3.69. The summed E-state index contributed by atoms with van der Waals surface area (Å²) in [5.74, 6) is 0. The first-order chi connectivity index (χ1) is 7.25. The topological polar surface area (TPSA) is 26.0 Å². The Kier molecular flexibility index (Phi) is 2.72. The minimum Gasteiger partial charge on any atom is -0.398 e. The molecule has 0 saturated heterocycles. The maximum atomic E-state index is 5.89. The molecule has 75 valence electrons. The van der Waals surface area contributed by atoms with Gasteiger partial charge in [-0.3, -0.25) is 0 Å². The van der Waals surface area contributed by atoms with Crippen molar-refractivity contribution in [1.82, 2.24) is 0 Å². The average molecular weight is 196 g/mol. The van der Waals surface area contributed by atoms with Gasteiger partial charge in [0.25, 0.3) is 0 Å². The summed E-state index contributed by atoms with van der Waals surface area (Å²) >= 11 is 0. The van der Waals surface area contributed by atoms with Crippen molar-refractivity contribution in [2.24, 2.45) is 0 Å².